The first-order valence-corrected chi connectivity index (χ1v) is 20.6. The first-order valence-electron chi connectivity index (χ1n) is 20.6. The highest BCUT2D eigenvalue weighted by Gasteiger charge is 2.23. The maximum Gasteiger partial charge on any atom is 0.338 e. The average Bonchev–Trinajstić information content (AvgIpc) is 3.17. The van der Waals surface area contributed by atoms with Gasteiger partial charge in [-0.05, 0) is 137 Å². The number of rotatable bonds is 21. The zero-order valence-corrected chi connectivity index (χ0v) is 32.6. The van der Waals surface area contributed by atoms with Crippen LogP contribution < -0.4 is 9.47 Å². The molecule has 0 bridgehead atoms. The maximum atomic E-state index is 12.8. The summed E-state index contributed by atoms with van der Waals surface area (Å²) in [7, 11) is 0. The van der Waals surface area contributed by atoms with Gasteiger partial charge in [0.2, 0.25) is 0 Å². The van der Waals surface area contributed by atoms with Crippen molar-refractivity contribution in [2.45, 2.75) is 143 Å². The van der Waals surface area contributed by atoms with Gasteiger partial charge in [-0.3, -0.25) is 0 Å². The summed E-state index contributed by atoms with van der Waals surface area (Å²) in [5.41, 5.74) is 0.833. The van der Waals surface area contributed by atoms with Crippen molar-refractivity contribution in [1.29, 1.82) is 0 Å². The fourth-order valence-corrected chi connectivity index (χ4v) is 7.53. The number of hydrogen-bond acceptors (Lipinski definition) is 6. The van der Waals surface area contributed by atoms with Crippen molar-refractivity contribution in [3.63, 3.8) is 0 Å². The molecule has 2 aromatic carbocycles. The van der Waals surface area contributed by atoms with E-state index in [1.165, 1.54) is 103 Å². The van der Waals surface area contributed by atoms with Gasteiger partial charge in [-0.1, -0.05) is 89.5 Å². The van der Waals surface area contributed by atoms with Gasteiger partial charge in [0.1, 0.15) is 36.9 Å². The largest absolute Gasteiger partial charge is 0.490 e. The van der Waals surface area contributed by atoms with E-state index < -0.39 is 24.1 Å². The molecule has 6 nitrogen and oxygen atoms in total. The minimum absolute atomic E-state index is 0.416. The Labute approximate surface area is 314 Å². The van der Waals surface area contributed by atoms with Gasteiger partial charge in [0.25, 0.3) is 0 Å². The van der Waals surface area contributed by atoms with Crippen molar-refractivity contribution in [1.82, 2.24) is 0 Å². The maximum absolute atomic E-state index is 12.8. The number of unbranched alkanes of at least 4 members (excludes halogenated alkanes) is 4. The van der Waals surface area contributed by atoms with Crippen molar-refractivity contribution < 1.29 is 28.5 Å². The third-order valence-corrected chi connectivity index (χ3v) is 11.2. The average molecular weight is 715 g/mol. The summed E-state index contributed by atoms with van der Waals surface area (Å²) in [6, 6.07) is 13.9. The molecule has 6 heteroatoms. The monoisotopic (exact) mass is 714 g/mol. The topological polar surface area (TPSA) is 71.1 Å². The predicted octanol–water partition coefficient (Wildman–Crippen LogP) is 12.1. The summed E-state index contributed by atoms with van der Waals surface area (Å²) < 4.78 is 23.0. The quantitative estimate of drug-likeness (QED) is 0.0728. The van der Waals surface area contributed by atoms with E-state index in [2.05, 4.69) is 38.2 Å². The molecule has 2 aliphatic carbocycles. The molecule has 0 spiro atoms. The van der Waals surface area contributed by atoms with Crippen LogP contribution in [0, 0.1) is 23.7 Å². The highest BCUT2D eigenvalue weighted by molar-refractivity contribution is 5.90. The Morgan fingerprint density at radius 2 is 0.942 bits per heavy atom. The standard InChI is InChI=1S/C46H66O6/c1-5-7-9-13-37-17-21-39(22-18-37)15-11-33-49-43-29-25-41(26-30-43)45(47)51-35(3)36(4)52-46(48)42-27-31-44(32-28-42)50-34-12-16-40-23-19-38(20-24-40)14-10-8-6-2/h11-12,15-16,25-32,35-40H,5-10,13-14,17-24,33-34H2,1-4H3/b15-11+,16-12+/t35-,36-,37-,38-,39-,40-/m1/s1. The second-order valence-corrected chi connectivity index (χ2v) is 15.3. The Balaban J connectivity index is 1.09. The Morgan fingerprint density at radius 3 is 1.29 bits per heavy atom. The highest BCUT2D eigenvalue weighted by Crippen LogP contribution is 2.34. The number of allylic oxidation sites excluding steroid dienone is 2. The normalized spacial score (nSPS) is 21.8. The number of ether oxygens (including phenoxy) is 4. The molecule has 0 heterocycles. The summed E-state index contributed by atoms with van der Waals surface area (Å²) in [4.78, 5) is 25.6. The molecule has 0 amide bonds. The van der Waals surface area contributed by atoms with Gasteiger partial charge < -0.3 is 18.9 Å². The van der Waals surface area contributed by atoms with E-state index in [0.29, 0.717) is 47.7 Å². The summed E-state index contributed by atoms with van der Waals surface area (Å²) in [5, 5.41) is 0. The van der Waals surface area contributed by atoms with Crippen molar-refractivity contribution in [3.05, 3.63) is 84.0 Å². The van der Waals surface area contributed by atoms with Gasteiger partial charge in [0.15, 0.2) is 0 Å². The van der Waals surface area contributed by atoms with Crippen molar-refractivity contribution >= 4 is 11.9 Å². The first kappa shape index (κ1) is 41.2. The van der Waals surface area contributed by atoms with E-state index >= 15 is 0 Å². The van der Waals surface area contributed by atoms with Crippen LogP contribution in [0.5, 0.6) is 11.5 Å². The van der Waals surface area contributed by atoms with Crippen LogP contribution in [0.1, 0.15) is 151 Å². The molecule has 2 aliphatic rings. The van der Waals surface area contributed by atoms with Crippen LogP contribution in [-0.4, -0.2) is 37.4 Å². The molecule has 0 aromatic heterocycles. The Hall–Kier alpha value is -3.54. The van der Waals surface area contributed by atoms with Crippen LogP contribution in [0.15, 0.2) is 72.8 Å². The summed E-state index contributed by atoms with van der Waals surface area (Å²) in [6.45, 7) is 9.01. The second kappa shape index (κ2) is 23.2. The van der Waals surface area contributed by atoms with Crippen LogP contribution in [0.25, 0.3) is 0 Å². The van der Waals surface area contributed by atoms with Gasteiger partial charge in [-0.25, -0.2) is 9.59 Å². The zero-order valence-electron chi connectivity index (χ0n) is 32.6. The third kappa shape index (κ3) is 14.8. The van der Waals surface area contributed by atoms with Crippen molar-refractivity contribution in [3.8, 4) is 11.5 Å². The number of esters is 2. The van der Waals surface area contributed by atoms with Gasteiger partial charge >= 0.3 is 11.9 Å². The van der Waals surface area contributed by atoms with Gasteiger partial charge in [-0.15, -0.1) is 0 Å². The molecule has 2 fully saturated rings. The van der Waals surface area contributed by atoms with Crippen molar-refractivity contribution in [2.24, 2.45) is 23.7 Å². The number of carbonyl (C=O) groups is 2. The lowest BCUT2D eigenvalue weighted by atomic mass is 9.79. The predicted molar refractivity (Wildman–Crippen MR) is 211 cm³/mol. The minimum Gasteiger partial charge on any atom is -0.490 e. The van der Waals surface area contributed by atoms with Gasteiger partial charge in [0, 0.05) is 0 Å². The molecule has 2 aromatic rings. The minimum atomic E-state index is -0.630. The van der Waals surface area contributed by atoms with E-state index in [4.69, 9.17) is 18.9 Å². The Morgan fingerprint density at radius 1 is 0.577 bits per heavy atom. The number of carbonyl (C=O) groups excluding carboxylic acids is 2. The summed E-state index contributed by atoms with van der Waals surface area (Å²) in [6.07, 6.45) is 29.0. The lowest BCUT2D eigenvalue weighted by molar-refractivity contribution is -0.0239. The fourth-order valence-electron chi connectivity index (χ4n) is 7.53. The van der Waals surface area contributed by atoms with Gasteiger partial charge in [0.05, 0.1) is 11.1 Å². The summed E-state index contributed by atoms with van der Waals surface area (Å²) in [5.74, 6) is 3.60. The molecule has 0 aliphatic heterocycles. The highest BCUT2D eigenvalue weighted by atomic mass is 16.6. The molecular weight excluding hydrogens is 648 g/mol. The molecule has 52 heavy (non-hydrogen) atoms. The van der Waals surface area contributed by atoms with Gasteiger partial charge in [-0.2, -0.15) is 0 Å². The number of benzene rings is 2. The van der Waals surface area contributed by atoms with E-state index in [9.17, 15) is 9.59 Å². The number of hydrogen-bond donors (Lipinski definition) is 0. The second-order valence-electron chi connectivity index (χ2n) is 15.3. The Kier molecular flexibility index (Phi) is 18.4. The van der Waals surface area contributed by atoms with E-state index in [1.54, 1.807) is 62.4 Å². The molecule has 0 unspecified atom stereocenters. The lowest BCUT2D eigenvalue weighted by Gasteiger charge is -2.26. The smallest absolute Gasteiger partial charge is 0.338 e. The van der Waals surface area contributed by atoms with Crippen LogP contribution in [0.2, 0.25) is 0 Å². The molecule has 0 saturated heterocycles. The van der Waals surface area contributed by atoms with Crippen LogP contribution in [0.4, 0.5) is 0 Å². The molecular formula is C46H66O6. The molecule has 4 rings (SSSR count). The molecule has 286 valence electrons. The van der Waals surface area contributed by atoms with E-state index in [1.807, 2.05) is 0 Å². The Bertz CT molecular complexity index is 1240. The third-order valence-electron chi connectivity index (χ3n) is 11.2. The van der Waals surface area contributed by atoms with Crippen LogP contribution >= 0.6 is 0 Å². The molecule has 0 N–H and O–H groups in total. The van der Waals surface area contributed by atoms with E-state index in [0.717, 1.165) is 11.8 Å². The molecule has 0 radical (unpaired) electrons. The fraction of sp³-hybridized carbons (Fsp3) is 0.609. The van der Waals surface area contributed by atoms with Crippen LogP contribution in [-0.2, 0) is 9.47 Å². The van der Waals surface area contributed by atoms with Crippen LogP contribution in [0.3, 0.4) is 0 Å². The van der Waals surface area contributed by atoms with Crippen molar-refractivity contribution in [2.75, 3.05) is 13.2 Å². The lowest BCUT2D eigenvalue weighted by Crippen LogP contribution is -2.30. The van der Waals surface area contributed by atoms with E-state index in [-0.39, 0.29) is 0 Å². The SMILES string of the molecule is CCCCC[C@H]1CC[C@H](/C=C/COc2ccc(C(=O)O[C@H](C)[C@@H](C)OC(=O)c3ccc(OC/C=C/[C@H]4CC[C@H](CCCCC)CC4)cc3)cc2)CC1. The summed E-state index contributed by atoms with van der Waals surface area (Å²) >= 11 is 0. The zero-order chi connectivity index (χ0) is 37.0. The molecule has 2 atom stereocenters. The first-order chi connectivity index (χ1) is 25.3. The molecule has 2 saturated carbocycles.